The lowest BCUT2D eigenvalue weighted by molar-refractivity contribution is -0.130. The fourth-order valence-corrected chi connectivity index (χ4v) is 3.23. The zero-order valence-corrected chi connectivity index (χ0v) is 13.5. The van der Waals surface area contributed by atoms with Crippen LogP contribution in [0.4, 0.5) is 5.95 Å². The number of carbonyl (C=O) groups excluding carboxylic acids is 1. The quantitative estimate of drug-likeness (QED) is 0.862. The second kappa shape index (κ2) is 6.91. The van der Waals surface area contributed by atoms with Gasteiger partial charge >= 0.3 is 0 Å². The molecule has 0 saturated carbocycles. The van der Waals surface area contributed by atoms with Gasteiger partial charge in [-0.2, -0.15) is 16.3 Å². The maximum absolute atomic E-state index is 12.4. The van der Waals surface area contributed by atoms with Crippen molar-refractivity contribution >= 4 is 23.2 Å². The third-order valence-corrected chi connectivity index (χ3v) is 4.56. The lowest BCUT2D eigenvalue weighted by Crippen LogP contribution is -2.36. The Hall–Kier alpha value is -1.89. The molecule has 1 saturated heterocycles. The van der Waals surface area contributed by atoms with Gasteiger partial charge in [0.25, 0.3) is 5.95 Å². The Balaban J connectivity index is 1.58. The number of rotatable bonds is 4. The molecule has 2 aromatic rings. The molecule has 0 unspecified atom stereocenters. The van der Waals surface area contributed by atoms with Crippen molar-refractivity contribution in [2.45, 2.75) is 26.2 Å². The molecule has 1 aliphatic heterocycles. The molecule has 0 bridgehead atoms. The number of anilines is 1. The summed E-state index contributed by atoms with van der Waals surface area (Å²) in [5, 5.41) is 8.06. The van der Waals surface area contributed by atoms with Crippen LogP contribution in [-0.4, -0.2) is 47.1 Å². The van der Waals surface area contributed by atoms with E-state index in [1.165, 1.54) is 0 Å². The van der Waals surface area contributed by atoms with Crippen molar-refractivity contribution in [1.29, 1.82) is 0 Å². The average Bonchev–Trinajstić information content (AvgIpc) is 3.14. The molecule has 22 heavy (non-hydrogen) atoms. The number of aromatic nitrogens is 2. The summed E-state index contributed by atoms with van der Waals surface area (Å²) in [6.07, 6.45) is 2.16. The van der Waals surface area contributed by atoms with Crippen LogP contribution in [0.2, 0.25) is 0 Å². The van der Waals surface area contributed by atoms with Crippen molar-refractivity contribution in [3.63, 3.8) is 0 Å². The highest BCUT2D eigenvalue weighted by atomic mass is 32.1. The second-order valence-corrected chi connectivity index (χ2v) is 6.15. The standard InChI is InChI=1S/C15H20N4O2S/c1-2-13-16-15(17-21-13)19-6-3-5-18(7-8-19)14(20)10-12-4-9-22-11-12/h4,9,11H,2-3,5-8,10H2,1H3. The van der Waals surface area contributed by atoms with E-state index in [-0.39, 0.29) is 5.91 Å². The van der Waals surface area contributed by atoms with Crippen LogP contribution in [0.25, 0.3) is 0 Å². The van der Waals surface area contributed by atoms with E-state index in [0.717, 1.165) is 38.0 Å². The van der Waals surface area contributed by atoms with Gasteiger partial charge in [-0.15, -0.1) is 0 Å². The predicted molar refractivity (Wildman–Crippen MR) is 85.1 cm³/mol. The van der Waals surface area contributed by atoms with Crippen LogP contribution in [0.3, 0.4) is 0 Å². The van der Waals surface area contributed by atoms with E-state index in [0.29, 0.717) is 24.8 Å². The van der Waals surface area contributed by atoms with Crippen LogP contribution in [0.5, 0.6) is 0 Å². The van der Waals surface area contributed by atoms with Crippen molar-refractivity contribution in [3.05, 3.63) is 28.3 Å². The fourth-order valence-electron chi connectivity index (χ4n) is 2.56. The normalized spacial score (nSPS) is 15.9. The minimum Gasteiger partial charge on any atom is -0.341 e. The van der Waals surface area contributed by atoms with Gasteiger partial charge in [-0.05, 0) is 34.0 Å². The summed E-state index contributed by atoms with van der Waals surface area (Å²) in [7, 11) is 0. The minimum absolute atomic E-state index is 0.197. The lowest BCUT2D eigenvalue weighted by atomic mass is 10.2. The molecule has 0 aromatic carbocycles. The van der Waals surface area contributed by atoms with E-state index in [1.54, 1.807) is 11.3 Å². The highest BCUT2D eigenvalue weighted by Gasteiger charge is 2.21. The molecule has 7 heteroatoms. The Morgan fingerprint density at radius 1 is 1.36 bits per heavy atom. The molecule has 6 nitrogen and oxygen atoms in total. The van der Waals surface area contributed by atoms with Gasteiger partial charge in [0, 0.05) is 32.6 Å². The second-order valence-electron chi connectivity index (χ2n) is 5.37. The van der Waals surface area contributed by atoms with E-state index < -0.39 is 0 Å². The highest BCUT2D eigenvalue weighted by Crippen LogP contribution is 2.14. The first kappa shape index (κ1) is 15.0. The van der Waals surface area contributed by atoms with Crippen molar-refractivity contribution in [1.82, 2.24) is 15.0 Å². The van der Waals surface area contributed by atoms with Crippen LogP contribution in [0.15, 0.2) is 21.3 Å². The van der Waals surface area contributed by atoms with E-state index in [9.17, 15) is 4.79 Å². The van der Waals surface area contributed by atoms with Gasteiger partial charge in [0.2, 0.25) is 11.8 Å². The van der Waals surface area contributed by atoms with Gasteiger partial charge in [-0.1, -0.05) is 6.92 Å². The molecule has 1 amide bonds. The molecule has 0 spiro atoms. The summed E-state index contributed by atoms with van der Waals surface area (Å²) in [6, 6.07) is 2.01. The van der Waals surface area contributed by atoms with Gasteiger partial charge < -0.3 is 14.3 Å². The summed E-state index contributed by atoms with van der Waals surface area (Å²) >= 11 is 1.63. The van der Waals surface area contributed by atoms with Crippen LogP contribution in [0, 0.1) is 0 Å². The molecule has 0 radical (unpaired) electrons. The number of amides is 1. The van der Waals surface area contributed by atoms with Crippen molar-refractivity contribution < 1.29 is 9.32 Å². The summed E-state index contributed by atoms with van der Waals surface area (Å²) in [5.74, 6) is 1.50. The Kier molecular flexibility index (Phi) is 4.72. The van der Waals surface area contributed by atoms with Gasteiger partial charge in [-0.3, -0.25) is 4.79 Å². The first-order chi connectivity index (χ1) is 10.8. The van der Waals surface area contributed by atoms with Gasteiger partial charge in [0.05, 0.1) is 6.42 Å². The van der Waals surface area contributed by atoms with Crippen LogP contribution in [0.1, 0.15) is 24.8 Å². The topological polar surface area (TPSA) is 62.5 Å². The molecular formula is C15H20N4O2S. The summed E-state index contributed by atoms with van der Waals surface area (Å²) < 4.78 is 5.17. The Morgan fingerprint density at radius 3 is 3.00 bits per heavy atom. The molecule has 1 aliphatic rings. The number of thiophene rings is 1. The van der Waals surface area contributed by atoms with Crippen molar-refractivity contribution in [3.8, 4) is 0 Å². The summed E-state index contributed by atoms with van der Waals surface area (Å²) in [4.78, 5) is 20.8. The zero-order chi connectivity index (χ0) is 15.4. The Labute approximate surface area is 133 Å². The van der Waals surface area contributed by atoms with E-state index in [4.69, 9.17) is 4.52 Å². The fraction of sp³-hybridized carbons (Fsp3) is 0.533. The van der Waals surface area contributed by atoms with Gasteiger partial charge in [0.1, 0.15) is 0 Å². The predicted octanol–water partition coefficient (Wildman–Crippen LogP) is 1.97. The van der Waals surface area contributed by atoms with E-state index in [1.807, 2.05) is 28.7 Å². The first-order valence-electron chi connectivity index (χ1n) is 7.62. The largest absolute Gasteiger partial charge is 0.341 e. The molecular weight excluding hydrogens is 300 g/mol. The molecule has 118 valence electrons. The van der Waals surface area contributed by atoms with E-state index >= 15 is 0 Å². The van der Waals surface area contributed by atoms with Crippen molar-refractivity contribution in [2.75, 3.05) is 31.1 Å². The van der Waals surface area contributed by atoms with Crippen LogP contribution >= 0.6 is 11.3 Å². The smallest absolute Gasteiger partial charge is 0.266 e. The van der Waals surface area contributed by atoms with E-state index in [2.05, 4.69) is 15.0 Å². The Bertz CT molecular complexity index is 611. The van der Waals surface area contributed by atoms with Gasteiger partial charge in [-0.25, -0.2) is 0 Å². The third kappa shape index (κ3) is 3.47. The molecule has 0 atom stereocenters. The SMILES string of the molecule is CCc1nc(N2CCCN(C(=O)Cc3ccsc3)CC2)no1. The average molecular weight is 320 g/mol. The molecule has 1 fully saturated rings. The number of carbonyl (C=O) groups is 1. The number of nitrogens with zero attached hydrogens (tertiary/aromatic N) is 4. The molecule has 0 aliphatic carbocycles. The van der Waals surface area contributed by atoms with Gasteiger partial charge in [0.15, 0.2) is 0 Å². The Morgan fingerprint density at radius 2 is 2.27 bits per heavy atom. The maximum atomic E-state index is 12.4. The zero-order valence-electron chi connectivity index (χ0n) is 12.7. The molecule has 2 aromatic heterocycles. The maximum Gasteiger partial charge on any atom is 0.266 e. The number of hydrogen-bond acceptors (Lipinski definition) is 6. The van der Waals surface area contributed by atoms with Crippen LogP contribution in [-0.2, 0) is 17.6 Å². The highest BCUT2D eigenvalue weighted by molar-refractivity contribution is 7.07. The number of aryl methyl sites for hydroxylation is 1. The monoisotopic (exact) mass is 320 g/mol. The lowest BCUT2D eigenvalue weighted by Gasteiger charge is -2.21. The summed E-state index contributed by atoms with van der Waals surface area (Å²) in [5.41, 5.74) is 1.10. The minimum atomic E-state index is 0.197. The molecule has 0 N–H and O–H groups in total. The molecule has 3 rings (SSSR count). The van der Waals surface area contributed by atoms with Crippen LogP contribution < -0.4 is 4.90 Å². The van der Waals surface area contributed by atoms with Crippen molar-refractivity contribution in [2.24, 2.45) is 0 Å². The summed E-state index contributed by atoms with van der Waals surface area (Å²) in [6.45, 7) is 5.09. The third-order valence-electron chi connectivity index (χ3n) is 3.83. The number of hydrogen-bond donors (Lipinski definition) is 0. The molecule has 3 heterocycles. The first-order valence-corrected chi connectivity index (χ1v) is 8.57.